The molecule has 0 saturated heterocycles. The number of rotatable bonds is 4. The third-order valence-electron chi connectivity index (χ3n) is 1.73. The molecule has 1 rings (SSSR count). The van der Waals surface area contributed by atoms with Crippen LogP contribution in [0.5, 0.6) is 5.75 Å². The maximum absolute atomic E-state index is 11.0. The monoisotopic (exact) mass is 256 g/mol. The lowest BCUT2D eigenvalue weighted by Gasteiger charge is -2.07. The molecule has 0 saturated carbocycles. The molecule has 5 heteroatoms. The molecule has 16 heavy (non-hydrogen) atoms. The number of terminal acetylenes is 1. The first kappa shape index (κ1) is 12.6. The van der Waals surface area contributed by atoms with E-state index in [1.165, 1.54) is 18.2 Å². The number of benzene rings is 1. The first-order chi connectivity index (χ1) is 7.56. The van der Waals surface area contributed by atoms with Gasteiger partial charge in [-0.3, -0.25) is 9.59 Å². The molecule has 1 aromatic carbocycles. The normalized spacial score (nSPS) is 9.31. The fourth-order valence-electron chi connectivity index (χ4n) is 1.05. The fourth-order valence-corrected chi connectivity index (χ4v) is 1.32. The average molecular weight is 257 g/mol. The van der Waals surface area contributed by atoms with Gasteiger partial charge in [0, 0.05) is 5.56 Å². The summed E-state index contributed by atoms with van der Waals surface area (Å²) in [6.45, 7) is -0.0307. The van der Waals surface area contributed by atoms with Crippen LogP contribution in [-0.2, 0) is 0 Å². The molecule has 0 aliphatic carbocycles. The van der Waals surface area contributed by atoms with Crippen molar-refractivity contribution in [1.29, 1.82) is 0 Å². The molecule has 82 valence electrons. The van der Waals surface area contributed by atoms with Crippen molar-refractivity contribution < 1.29 is 14.3 Å². The number of carbonyl (C=O) groups is 2. The van der Waals surface area contributed by atoms with E-state index >= 15 is 0 Å². The van der Waals surface area contributed by atoms with Crippen molar-refractivity contribution in [2.75, 3.05) is 6.61 Å². The van der Waals surface area contributed by atoms with Gasteiger partial charge in [0.15, 0.2) is 0 Å². The van der Waals surface area contributed by atoms with E-state index in [0.717, 1.165) is 0 Å². The summed E-state index contributed by atoms with van der Waals surface area (Å²) < 4.78 is 5.09. The van der Waals surface area contributed by atoms with Gasteiger partial charge in [0.1, 0.15) is 12.4 Å². The molecule has 0 aliphatic heterocycles. The predicted molar refractivity (Wildman–Crippen MR) is 61.1 cm³/mol. The molecular formula is C11H6Cl2O3. The molecule has 3 nitrogen and oxygen atoms in total. The van der Waals surface area contributed by atoms with Crippen molar-refractivity contribution >= 4 is 33.7 Å². The number of hydrogen-bond donors (Lipinski definition) is 0. The Morgan fingerprint density at radius 2 is 2.00 bits per heavy atom. The molecule has 0 heterocycles. The molecule has 0 bridgehead atoms. The number of halogens is 2. The maximum Gasteiger partial charge on any atom is 0.256 e. The Kier molecular flexibility index (Phi) is 4.36. The first-order valence-electron chi connectivity index (χ1n) is 4.16. The quantitative estimate of drug-likeness (QED) is 0.614. The SMILES string of the molecule is C#CCOc1cc(C(=O)Cl)ccc1C(=O)Cl. The van der Waals surface area contributed by atoms with E-state index in [1.807, 2.05) is 0 Å². The van der Waals surface area contributed by atoms with Crippen LogP contribution in [0.25, 0.3) is 0 Å². The highest BCUT2D eigenvalue weighted by Crippen LogP contribution is 2.23. The summed E-state index contributed by atoms with van der Waals surface area (Å²) in [6, 6.07) is 4.06. The fraction of sp³-hybridized carbons (Fsp3) is 0.0909. The van der Waals surface area contributed by atoms with Crippen LogP contribution in [0.2, 0.25) is 0 Å². The van der Waals surface area contributed by atoms with E-state index in [1.54, 1.807) is 0 Å². The predicted octanol–water partition coefficient (Wildman–Crippen LogP) is 2.46. The van der Waals surface area contributed by atoms with Crippen LogP contribution in [0.15, 0.2) is 18.2 Å². The van der Waals surface area contributed by atoms with Gasteiger partial charge < -0.3 is 4.74 Å². The van der Waals surface area contributed by atoms with Crippen LogP contribution in [0.1, 0.15) is 20.7 Å². The minimum atomic E-state index is -0.694. The number of hydrogen-bond acceptors (Lipinski definition) is 3. The van der Waals surface area contributed by atoms with Crippen LogP contribution >= 0.6 is 23.2 Å². The van der Waals surface area contributed by atoms with E-state index in [9.17, 15) is 9.59 Å². The molecule has 0 unspecified atom stereocenters. The van der Waals surface area contributed by atoms with E-state index < -0.39 is 10.5 Å². The third-order valence-corrected chi connectivity index (χ3v) is 2.15. The summed E-state index contributed by atoms with van der Waals surface area (Å²) in [5, 5.41) is -1.35. The second kappa shape index (κ2) is 5.55. The van der Waals surface area contributed by atoms with Gasteiger partial charge in [-0.25, -0.2) is 0 Å². The van der Waals surface area contributed by atoms with Gasteiger partial charge in [-0.1, -0.05) is 5.92 Å². The molecule has 1 aromatic rings. The second-order valence-electron chi connectivity index (χ2n) is 2.75. The largest absolute Gasteiger partial charge is 0.480 e. The summed E-state index contributed by atoms with van der Waals surface area (Å²) >= 11 is 10.6. The van der Waals surface area contributed by atoms with Gasteiger partial charge >= 0.3 is 0 Å². The van der Waals surface area contributed by atoms with Crippen molar-refractivity contribution in [2.24, 2.45) is 0 Å². The van der Waals surface area contributed by atoms with Gasteiger partial charge in [0.2, 0.25) is 0 Å². The minimum absolute atomic E-state index is 0.0307. The van der Waals surface area contributed by atoms with Gasteiger partial charge in [-0.05, 0) is 41.4 Å². The van der Waals surface area contributed by atoms with Crippen LogP contribution in [-0.4, -0.2) is 17.1 Å². The zero-order valence-corrected chi connectivity index (χ0v) is 9.51. The molecule has 0 atom stereocenters. The molecule has 0 amide bonds. The zero-order valence-electron chi connectivity index (χ0n) is 8.00. The van der Waals surface area contributed by atoms with Crippen molar-refractivity contribution in [3.05, 3.63) is 29.3 Å². The second-order valence-corrected chi connectivity index (χ2v) is 3.44. The van der Waals surface area contributed by atoms with E-state index in [-0.39, 0.29) is 23.5 Å². The molecule has 0 N–H and O–H groups in total. The lowest BCUT2D eigenvalue weighted by atomic mass is 10.1. The van der Waals surface area contributed by atoms with Crippen LogP contribution in [0.4, 0.5) is 0 Å². The summed E-state index contributed by atoms with van der Waals surface area (Å²) in [5.74, 6) is 2.38. The summed E-state index contributed by atoms with van der Waals surface area (Å²) in [5.41, 5.74) is 0.342. The Morgan fingerprint density at radius 1 is 1.31 bits per heavy atom. The van der Waals surface area contributed by atoms with E-state index in [4.69, 9.17) is 34.4 Å². The van der Waals surface area contributed by atoms with E-state index in [0.29, 0.717) is 0 Å². The topological polar surface area (TPSA) is 43.4 Å². The zero-order chi connectivity index (χ0) is 12.1. The van der Waals surface area contributed by atoms with Crippen LogP contribution in [0, 0.1) is 12.3 Å². The molecule has 0 fully saturated rings. The standard InChI is InChI=1S/C11H6Cl2O3/c1-2-5-16-9-6-7(10(12)14)3-4-8(9)11(13)15/h1,3-4,6H,5H2. The van der Waals surface area contributed by atoms with E-state index in [2.05, 4.69) is 5.92 Å². The third kappa shape index (κ3) is 2.99. The van der Waals surface area contributed by atoms with Gasteiger partial charge in [-0.15, -0.1) is 6.42 Å². The minimum Gasteiger partial charge on any atom is -0.480 e. The molecule has 0 radical (unpaired) electrons. The Balaban J connectivity index is 3.16. The van der Waals surface area contributed by atoms with Crippen molar-refractivity contribution in [3.8, 4) is 18.1 Å². The lowest BCUT2D eigenvalue weighted by molar-refractivity contribution is 0.106. The average Bonchev–Trinajstić information content (AvgIpc) is 2.25. The summed E-state index contributed by atoms with van der Waals surface area (Å²) in [7, 11) is 0. The van der Waals surface area contributed by atoms with Crippen molar-refractivity contribution in [3.63, 3.8) is 0 Å². The number of ether oxygens (including phenoxy) is 1. The molecule has 0 aliphatic rings. The lowest BCUT2D eigenvalue weighted by Crippen LogP contribution is -2.02. The Morgan fingerprint density at radius 3 is 2.50 bits per heavy atom. The molecule has 0 spiro atoms. The highest BCUT2D eigenvalue weighted by Gasteiger charge is 2.13. The first-order valence-corrected chi connectivity index (χ1v) is 4.92. The Labute approximate surface area is 102 Å². The Hall–Kier alpha value is -1.50. The summed E-state index contributed by atoms with van der Waals surface area (Å²) in [6.07, 6.45) is 5.01. The van der Waals surface area contributed by atoms with Gasteiger partial charge in [0.25, 0.3) is 10.5 Å². The van der Waals surface area contributed by atoms with Crippen molar-refractivity contribution in [1.82, 2.24) is 0 Å². The van der Waals surface area contributed by atoms with Crippen LogP contribution in [0.3, 0.4) is 0 Å². The van der Waals surface area contributed by atoms with Crippen molar-refractivity contribution in [2.45, 2.75) is 0 Å². The van der Waals surface area contributed by atoms with Crippen LogP contribution < -0.4 is 4.74 Å². The molecule has 0 aromatic heterocycles. The number of carbonyl (C=O) groups excluding carboxylic acids is 2. The highest BCUT2D eigenvalue weighted by atomic mass is 35.5. The molecular weight excluding hydrogens is 251 g/mol. The maximum atomic E-state index is 11.0. The van der Waals surface area contributed by atoms with Gasteiger partial charge in [-0.2, -0.15) is 0 Å². The highest BCUT2D eigenvalue weighted by molar-refractivity contribution is 6.68. The van der Waals surface area contributed by atoms with Gasteiger partial charge in [0.05, 0.1) is 5.56 Å². The Bertz CT molecular complexity index is 475. The smallest absolute Gasteiger partial charge is 0.256 e. The summed E-state index contributed by atoms with van der Waals surface area (Å²) in [4.78, 5) is 21.9.